The number of fused-ring (bicyclic) bond motifs is 1. The molecule has 5 nitrogen and oxygen atoms in total. The van der Waals surface area contributed by atoms with E-state index in [-0.39, 0.29) is 18.4 Å². The summed E-state index contributed by atoms with van der Waals surface area (Å²) in [6.45, 7) is 0.346. The van der Waals surface area contributed by atoms with E-state index < -0.39 is 0 Å². The van der Waals surface area contributed by atoms with Gasteiger partial charge in [-0.2, -0.15) is 0 Å². The van der Waals surface area contributed by atoms with Gasteiger partial charge in [0.15, 0.2) is 5.13 Å². The minimum Gasteiger partial charge on any atom is -0.380 e. The van der Waals surface area contributed by atoms with E-state index in [1.807, 2.05) is 0 Å². The van der Waals surface area contributed by atoms with Gasteiger partial charge < -0.3 is 15.8 Å². The summed E-state index contributed by atoms with van der Waals surface area (Å²) >= 11 is 1.59. The zero-order valence-electron chi connectivity index (χ0n) is 10.6. The Morgan fingerprint density at radius 3 is 3.00 bits per heavy atom. The zero-order chi connectivity index (χ0) is 13.0. The molecule has 0 aromatic carbocycles. The number of anilines is 1. The molecular weight excluding hydrogens is 250 g/mol. The van der Waals surface area contributed by atoms with Gasteiger partial charge >= 0.3 is 0 Å². The molecule has 1 aromatic rings. The SMILES string of the molecule is COC(CN)CC(=O)Nc1nc2c(s1)CCCC2. The van der Waals surface area contributed by atoms with Gasteiger partial charge in [-0.05, 0) is 25.7 Å². The van der Waals surface area contributed by atoms with Gasteiger partial charge in [-0.3, -0.25) is 4.79 Å². The first-order valence-electron chi connectivity index (χ1n) is 6.24. The van der Waals surface area contributed by atoms with Crippen molar-refractivity contribution in [2.24, 2.45) is 5.73 Å². The van der Waals surface area contributed by atoms with Crippen LogP contribution >= 0.6 is 11.3 Å². The average Bonchev–Trinajstić information content (AvgIpc) is 2.77. The van der Waals surface area contributed by atoms with Crippen molar-refractivity contribution < 1.29 is 9.53 Å². The number of carbonyl (C=O) groups is 1. The van der Waals surface area contributed by atoms with Crippen LogP contribution in [0.1, 0.15) is 29.8 Å². The maximum atomic E-state index is 11.8. The molecule has 1 amide bonds. The zero-order valence-corrected chi connectivity index (χ0v) is 11.4. The minimum absolute atomic E-state index is 0.0848. The van der Waals surface area contributed by atoms with Crippen LogP contribution in [0.3, 0.4) is 0 Å². The molecule has 0 aliphatic heterocycles. The summed E-state index contributed by atoms with van der Waals surface area (Å²) < 4.78 is 5.09. The second-order valence-electron chi connectivity index (χ2n) is 4.44. The fraction of sp³-hybridized carbons (Fsp3) is 0.667. The molecule has 0 fully saturated rings. The lowest BCUT2D eigenvalue weighted by Crippen LogP contribution is -2.28. The molecular formula is C12H19N3O2S. The van der Waals surface area contributed by atoms with Crippen LogP contribution in [0.15, 0.2) is 0 Å². The van der Waals surface area contributed by atoms with E-state index in [0.717, 1.165) is 18.5 Å². The molecule has 6 heteroatoms. The summed E-state index contributed by atoms with van der Waals surface area (Å²) in [5, 5.41) is 3.54. The smallest absolute Gasteiger partial charge is 0.228 e. The summed E-state index contributed by atoms with van der Waals surface area (Å²) in [5.74, 6) is -0.0848. The maximum absolute atomic E-state index is 11.8. The van der Waals surface area contributed by atoms with Gasteiger partial charge in [0.05, 0.1) is 18.2 Å². The van der Waals surface area contributed by atoms with Crippen molar-refractivity contribution in [3.63, 3.8) is 0 Å². The Hall–Kier alpha value is -0.980. The summed E-state index contributed by atoms with van der Waals surface area (Å²) in [6, 6.07) is 0. The van der Waals surface area contributed by atoms with E-state index in [0.29, 0.717) is 11.7 Å². The molecule has 0 saturated carbocycles. The summed E-state index contributed by atoms with van der Waals surface area (Å²) in [6.07, 6.45) is 4.60. The fourth-order valence-electron chi connectivity index (χ4n) is 2.05. The molecule has 0 saturated heterocycles. The molecule has 18 heavy (non-hydrogen) atoms. The van der Waals surface area contributed by atoms with Gasteiger partial charge in [-0.1, -0.05) is 0 Å². The highest BCUT2D eigenvalue weighted by molar-refractivity contribution is 7.15. The van der Waals surface area contributed by atoms with E-state index in [1.165, 1.54) is 17.7 Å². The first kappa shape index (κ1) is 13.5. The van der Waals surface area contributed by atoms with Gasteiger partial charge in [-0.15, -0.1) is 11.3 Å². The van der Waals surface area contributed by atoms with Crippen LogP contribution in [-0.4, -0.2) is 30.6 Å². The second-order valence-corrected chi connectivity index (χ2v) is 5.53. The largest absolute Gasteiger partial charge is 0.380 e. The molecule has 100 valence electrons. The van der Waals surface area contributed by atoms with Gasteiger partial charge in [0.2, 0.25) is 5.91 Å². The number of aryl methyl sites for hydroxylation is 2. The lowest BCUT2D eigenvalue weighted by Gasteiger charge is -2.11. The van der Waals surface area contributed by atoms with E-state index in [2.05, 4.69) is 10.3 Å². The summed E-state index contributed by atoms with van der Waals surface area (Å²) in [4.78, 5) is 17.6. The molecule has 1 aliphatic carbocycles. The number of hydrogen-bond donors (Lipinski definition) is 2. The molecule has 0 bridgehead atoms. The number of methoxy groups -OCH3 is 1. The molecule has 0 spiro atoms. The molecule has 0 radical (unpaired) electrons. The normalized spacial score (nSPS) is 16.1. The summed E-state index contributed by atoms with van der Waals surface area (Å²) in [5.41, 5.74) is 6.64. The number of thiazole rings is 1. The topological polar surface area (TPSA) is 77.2 Å². The third kappa shape index (κ3) is 3.28. The van der Waals surface area contributed by atoms with Crippen LogP contribution in [0, 0.1) is 0 Å². The van der Waals surface area contributed by atoms with Crippen molar-refractivity contribution in [1.82, 2.24) is 4.98 Å². The van der Waals surface area contributed by atoms with Crippen LogP contribution in [0.5, 0.6) is 0 Å². The van der Waals surface area contributed by atoms with Crippen molar-refractivity contribution in [2.75, 3.05) is 19.0 Å². The average molecular weight is 269 g/mol. The second kappa shape index (κ2) is 6.26. The van der Waals surface area contributed by atoms with Crippen LogP contribution in [-0.2, 0) is 22.4 Å². The first-order valence-corrected chi connectivity index (χ1v) is 7.06. The number of nitrogens with zero attached hydrogens (tertiary/aromatic N) is 1. The number of aromatic nitrogens is 1. The van der Waals surface area contributed by atoms with Crippen LogP contribution in [0.2, 0.25) is 0 Å². The quantitative estimate of drug-likeness (QED) is 0.845. The Kier molecular flexibility index (Phi) is 4.68. The maximum Gasteiger partial charge on any atom is 0.228 e. The number of ether oxygens (including phenoxy) is 1. The highest BCUT2D eigenvalue weighted by atomic mass is 32.1. The highest BCUT2D eigenvalue weighted by Gasteiger charge is 2.17. The van der Waals surface area contributed by atoms with Gasteiger partial charge in [-0.25, -0.2) is 4.98 Å². The molecule has 1 aliphatic rings. The number of carbonyl (C=O) groups excluding carboxylic acids is 1. The molecule has 1 aromatic heterocycles. The van der Waals surface area contributed by atoms with E-state index in [9.17, 15) is 4.79 Å². The third-order valence-electron chi connectivity index (χ3n) is 3.10. The van der Waals surface area contributed by atoms with Crippen molar-refractivity contribution in [3.8, 4) is 0 Å². The monoisotopic (exact) mass is 269 g/mol. The fourth-order valence-corrected chi connectivity index (χ4v) is 3.11. The first-order chi connectivity index (χ1) is 8.72. The van der Waals surface area contributed by atoms with E-state index >= 15 is 0 Å². The van der Waals surface area contributed by atoms with E-state index in [4.69, 9.17) is 10.5 Å². The van der Waals surface area contributed by atoms with Crippen LogP contribution < -0.4 is 11.1 Å². The number of amides is 1. The number of nitrogens with two attached hydrogens (primary N) is 1. The number of rotatable bonds is 5. The van der Waals surface area contributed by atoms with Gasteiger partial charge in [0.1, 0.15) is 0 Å². The van der Waals surface area contributed by atoms with Crippen molar-refractivity contribution in [3.05, 3.63) is 10.6 Å². The Labute approximate surface area is 111 Å². The third-order valence-corrected chi connectivity index (χ3v) is 4.17. The van der Waals surface area contributed by atoms with E-state index in [1.54, 1.807) is 18.4 Å². The predicted molar refractivity (Wildman–Crippen MR) is 71.9 cm³/mol. The highest BCUT2D eigenvalue weighted by Crippen LogP contribution is 2.29. The molecule has 1 atom stereocenters. The predicted octanol–water partition coefficient (Wildman–Crippen LogP) is 1.32. The van der Waals surface area contributed by atoms with Crippen LogP contribution in [0.4, 0.5) is 5.13 Å². The Balaban J connectivity index is 1.92. The Morgan fingerprint density at radius 2 is 2.33 bits per heavy atom. The molecule has 1 unspecified atom stereocenters. The molecule has 1 heterocycles. The number of nitrogens with one attached hydrogen (secondary N) is 1. The molecule has 3 N–H and O–H groups in total. The lowest BCUT2D eigenvalue weighted by molar-refractivity contribution is -0.118. The Bertz CT molecular complexity index is 392. The van der Waals surface area contributed by atoms with Gasteiger partial charge in [0, 0.05) is 18.5 Å². The summed E-state index contributed by atoms with van der Waals surface area (Å²) in [7, 11) is 1.56. The minimum atomic E-state index is -0.223. The van der Waals surface area contributed by atoms with Crippen molar-refractivity contribution in [2.45, 2.75) is 38.2 Å². The lowest BCUT2D eigenvalue weighted by atomic mass is 10.0. The van der Waals surface area contributed by atoms with Gasteiger partial charge in [0.25, 0.3) is 0 Å². The standard InChI is InChI=1S/C12H19N3O2S/c1-17-8(7-13)6-11(16)15-12-14-9-4-2-3-5-10(9)18-12/h8H,2-7,13H2,1H3,(H,14,15,16). The Morgan fingerprint density at radius 1 is 1.56 bits per heavy atom. The van der Waals surface area contributed by atoms with Crippen molar-refractivity contribution >= 4 is 22.4 Å². The molecule has 2 rings (SSSR count). The van der Waals surface area contributed by atoms with Crippen LogP contribution in [0.25, 0.3) is 0 Å². The number of hydrogen-bond acceptors (Lipinski definition) is 5. The van der Waals surface area contributed by atoms with Crippen molar-refractivity contribution in [1.29, 1.82) is 0 Å².